The van der Waals surface area contributed by atoms with Crippen molar-refractivity contribution in [2.24, 2.45) is 4.99 Å². The van der Waals surface area contributed by atoms with Gasteiger partial charge in [-0.25, -0.2) is 10.1 Å². The smallest absolute Gasteiger partial charge is 0.116 e. The molecular formula is C8H10N4O. The van der Waals surface area contributed by atoms with Crippen LogP contribution in [0.15, 0.2) is 17.1 Å². The average Bonchev–Trinajstić information content (AvgIpc) is 2.12. The first kappa shape index (κ1) is 7.88. The van der Waals surface area contributed by atoms with Crippen molar-refractivity contribution in [2.45, 2.75) is 6.54 Å². The normalized spacial score (nSPS) is 14.4. The van der Waals surface area contributed by atoms with E-state index in [1.165, 1.54) is 6.34 Å². The van der Waals surface area contributed by atoms with E-state index in [4.69, 9.17) is 16.7 Å². The van der Waals surface area contributed by atoms with Gasteiger partial charge < -0.3 is 11.5 Å². The van der Waals surface area contributed by atoms with E-state index in [2.05, 4.69) is 4.99 Å². The van der Waals surface area contributed by atoms with Crippen LogP contribution in [0.3, 0.4) is 0 Å². The Kier molecular flexibility index (Phi) is 1.60. The Balaban J connectivity index is 2.60. The topological polar surface area (TPSA) is 87.9 Å². The van der Waals surface area contributed by atoms with Crippen LogP contribution in [-0.2, 0) is 6.54 Å². The van der Waals surface area contributed by atoms with Gasteiger partial charge in [0.2, 0.25) is 0 Å². The van der Waals surface area contributed by atoms with E-state index in [-0.39, 0.29) is 0 Å². The molecule has 68 valence electrons. The third-order valence-electron chi connectivity index (χ3n) is 1.99. The van der Waals surface area contributed by atoms with Gasteiger partial charge in [-0.2, -0.15) is 0 Å². The van der Waals surface area contributed by atoms with Gasteiger partial charge >= 0.3 is 0 Å². The molecule has 1 aliphatic rings. The molecule has 1 heterocycles. The minimum absolute atomic E-state index is 0.329. The minimum Gasteiger partial charge on any atom is -0.398 e. The summed E-state index contributed by atoms with van der Waals surface area (Å²) in [5.41, 5.74) is 14.0. The molecule has 0 radical (unpaired) electrons. The van der Waals surface area contributed by atoms with Gasteiger partial charge in [-0.3, -0.25) is 5.21 Å². The highest BCUT2D eigenvalue weighted by Crippen LogP contribution is 2.33. The monoisotopic (exact) mass is 178 g/mol. The lowest BCUT2D eigenvalue weighted by atomic mass is 10.1. The van der Waals surface area contributed by atoms with E-state index < -0.39 is 0 Å². The number of rotatable bonds is 0. The molecule has 0 fully saturated rings. The van der Waals surface area contributed by atoms with Crippen LogP contribution in [0.4, 0.5) is 17.1 Å². The maximum atomic E-state index is 9.16. The second-order valence-electron chi connectivity index (χ2n) is 2.91. The summed E-state index contributed by atoms with van der Waals surface area (Å²) in [7, 11) is 0. The molecule has 0 aliphatic carbocycles. The van der Waals surface area contributed by atoms with Gasteiger partial charge in [0.05, 0.1) is 17.9 Å². The summed E-state index contributed by atoms with van der Waals surface area (Å²) in [5, 5.41) is 10.1. The Morgan fingerprint density at radius 3 is 2.77 bits per heavy atom. The standard InChI is InChI=1S/C8H10N4O/c9-6-1-2-7(10)8-5(6)3-12(13)4-11-8/h1-2,4,13H,3,9-10H2. The molecule has 0 saturated carbocycles. The quantitative estimate of drug-likeness (QED) is 0.510. The fraction of sp³-hybridized carbons (Fsp3) is 0.125. The maximum Gasteiger partial charge on any atom is 0.116 e. The van der Waals surface area contributed by atoms with Crippen LogP contribution < -0.4 is 11.5 Å². The molecular weight excluding hydrogens is 168 g/mol. The fourth-order valence-corrected chi connectivity index (χ4v) is 1.32. The molecule has 0 amide bonds. The Labute approximate surface area is 75.2 Å². The zero-order chi connectivity index (χ0) is 9.42. The molecule has 2 rings (SSSR count). The summed E-state index contributed by atoms with van der Waals surface area (Å²) >= 11 is 0. The van der Waals surface area contributed by atoms with Crippen LogP contribution in [0.1, 0.15) is 5.56 Å². The van der Waals surface area contributed by atoms with E-state index >= 15 is 0 Å². The highest BCUT2D eigenvalue weighted by atomic mass is 16.5. The van der Waals surface area contributed by atoms with Crippen LogP contribution in [0.5, 0.6) is 0 Å². The van der Waals surface area contributed by atoms with E-state index in [0.29, 0.717) is 23.6 Å². The van der Waals surface area contributed by atoms with Crippen molar-refractivity contribution in [3.05, 3.63) is 17.7 Å². The number of nitrogen functional groups attached to an aromatic ring is 2. The van der Waals surface area contributed by atoms with Crippen molar-refractivity contribution in [1.82, 2.24) is 5.06 Å². The van der Waals surface area contributed by atoms with Crippen LogP contribution in [0.2, 0.25) is 0 Å². The van der Waals surface area contributed by atoms with Crippen molar-refractivity contribution in [1.29, 1.82) is 0 Å². The molecule has 0 spiro atoms. The van der Waals surface area contributed by atoms with Crippen molar-refractivity contribution in [3.8, 4) is 0 Å². The predicted molar refractivity (Wildman–Crippen MR) is 50.7 cm³/mol. The molecule has 13 heavy (non-hydrogen) atoms. The molecule has 5 nitrogen and oxygen atoms in total. The van der Waals surface area contributed by atoms with Crippen molar-refractivity contribution in [2.75, 3.05) is 11.5 Å². The molecule has 0 saturated heterocycles. The van der Waals surface area contributed by atoms with E-state index in [1.54, 1.807) is 12.1 Å². The lowest BCUT2D eigenvalue weighted by molar-refractivity contribution is -0.0176. The van der Waals surface area contributed by atoms with Gasteiger partial charge in [0.15, 0.2) is 0 Å². The summed E-state index contributed by atoms with van der Waals surface area (Å²) in [5.74, 6) is 0. The first-order valence-electron chi connectivity index (χ1n) is 3.85. The number of nitrogens with zero attached hydrogens (tertiary/aromatic N) is 2. The van der Waals surface area contributed by atoms with E-state index in [0.717, 1.165) is 10.6 Å². The first-order chi connectivity index (χ1) is 6.18. The molecule has 1 aliphatic heterocycles. The number of nitrogens with two attached hydrogens (primary N) is 2. The highest BCUT2D eigenvalue weighted by Gasteiger charge is 2.15. The number of anilines is 2. The third-order valence-corrected chi connectivity index (χ3v) is 1.99. The van der Waals surface area contributed by atoms with Gasteiger partial charge in [0, 0.05) is 11.3 Å². The summed E-state index contributed by atoms with van der Waals surface area (Å²) in [6.45, 7) is 0.329. The summed E-state index contributed by atoms with van der Waals surface area (Å²) in [6, 6.07) is 3.42. The molecule has 1 aromatic rings. The van der Waals surface area contributed by atoms with Crippen molar-refractivity contribution in [3.63, 3.8) is 0 Å². The molecule has 5 heteroatoms. The van der Waals surface area contributed by atoms with Crippen LogP contribution >= 0.6 is 0 Å². The Morgan fingerprint density at radius 1 is 1.31 bits per heavy atom. The molecule has 0 unspecified atom stereocenters. The molecule has 0 aromatic heterocycles. The number of benzene rings is 1. The third kappa shape index (κ3) is 1.19. The number of hydroxylamine groups is 2. The van der Waals surface area contributed by atoms with Crippen LogP contribution in [0, 0.1) is 0 Å². The highest BCUT2D eigenvalue weighted by molar-refractivity contribution is 5.79. The van der Waals surface area contributed by atoms with Crippen molar-refractivity contribution >= 4 is 23.4 Å². The van der Waals surface area contributed by atoms with Gasteiger partial charge in [0.25, 0.3) is 0 Å². The van der Waals surface area contributed by atoms with E-state index in [9.17, 15) is 0 Å². The molecule has 0 atom stereocenters. The van der Waals surface area contributed by atoms with Gasteiger partial charge in [-0.1, -0.05) is 0 Å². The zero-order valence-electron chi connectivity index (χ0n) is 6.94. The molecule has 5 N–H and O–H groups in total. The Bertz CT molecular complexity index is 375. The second-order valence-corrected chi connectivity index (χ2v) is 2.91. The lowest BCUT2D eigenvalue weighted by Crippen LogP contribution is -2.20. The summed E-state index contributed by atoms with van der Waals surface area (Å²) in [4.78, 5) is 3.98. The SMILES string of the molecule is Nc1ccc(N)c2c1CN(O)C=N2. The average molecular weight is 178 g/mol. The van der Waals surface area contributed by atoms with Crippen molar-refractivity contribution < 1.29 is 5.21 Å². The first-order valence-corrected chi connectivity index (χ1v) is 3.85. The largest absolute Gasteiger partial charge is 0.398 e. The fourth-order valence-electron chi connectivity index (χ4n) is 1.32. The minimum atomic E-state index is 0.329. The molecule has 0 bridgehead atoms. The lowest BCUT2D eigenvalue weighted by Gasteiger charge is -2.20. The molecule has 1 aromatic carbocycles. The van der Waals surface area contributed by atoms with E-state index in [1.807, 2.05) is 0 Å². The maximum absolute atomic E-state index is 9.16. The number of hydrogen-bond acceptors (Lipinski definition) is 5. The van der Waals surface area contributed by atoms with Gasteiger partial charge in [-0.05, 0) is 12.1 Å². The second kappa shape index (κ2) is 2.63. The predicted octanol–water partition coefficient (Wildman–Crippen LogP) is 0.716. The summed E-state index contributed by atoms with van der Waals surface area (Å²) < 4.78 is 0. The zero-order valence-corrected chi connectivity index (χ0v) is 6.94. The summed E-state index contributed by atoms with van der Waals surface area (Å²) in [6.07, 6.45) is 1.32. The van der Waals surface area contributed by atoms with Gasteiger partial charge in [-0.15, -0.1) is 0 Å². The number of hydrogen-bond donors (Lipinski definition) is 3. The Hall–Kier alpha value is -1.75. The Morgan fingerprint density at radius 2 is 2.00 bits per heavy atom. The number of aliphatic imine (C=N–C) groups is 1. The van der Waals surface area contributed by atoms with Crippen LogP contribution in [-0.4, -0.2) is 16.6 Å². The van der Waals surface area contributed by atoms with Gasteiger partial charge in [0.1, 0.15) is 6.34 Å². The number of fused-ring (bicyclic) bond motifs is 1. The van der Waals surface area contributed by atoms with Crippen LogP contribution in [0.25, 0.3) is 0 Å².